The van der Waals surface area contributed by atoms with E-state index in [1.165, 1.54) is 6.42 Å². The van der Waals surface area contributed by atoms with Crippen LogP contribution in [0.2, 0.25) is 0 Å². The summed E-state index contributed by atoms with van der Waals surface area (Å²) in [5.41, 5.74) is -0.273. The van der Waals surface area contributed by atoms with Gasteiger partial charge in [0.05, 0.1) is 0 Å². The standard InChI is InChI=1S/C13H18O2/c1-2-13(7-14)10-4-8-3-9(6-10)12(15)11(13)5-8/h7-11H,2-6H2,1H3. The van der Waals surface area contributed by atoms with Crippen LogP contribution in [0, 0.1) is 29.1 Å². The van der Waals surface area contributed by atoms with Gasteiger partial charge in [0.15, 0.2) is 0 Å². The van der Waals surface area contributed by atoms with Crippen LogP contribution in [0.5, 0.6) is 0 Å². The van der Waals surface area contributed by atoms with Crippen LogP contribution in [0.15, 0.2) is 0 Å². The van der Waals surface area contributed by atoms with E-state index in [4.69, 9.17) is 0 Å². The van der Waals surface area contributed by atoms with Crippen molar-refractivity contribution in [1.29, 1.82) is 0 Å². The smallest absolute Gasteiger partial charge is 0.140 e. The van der Waals surface area contributed by atoms with E-state index in [9.17, 15) is 9.59 Å². The van der Waals surface area contributed by atoms with Gasteiger partial charge in [-0.15, -0.1) is 0 Å². The molecule has 4 rings (SSSR count). The van der Waals surface area contributed by atoms with Crippen molar-refractivity contribution in [2.24, 2.45) is 29.1 Å². The Morgan fingerprint density at radius 3 is 2.80 bits per heavy atom. The van der Waals surface area contributed by atoms with Crippen molar-refractivity contribution in [3.05, 3.63) is 0 Å². The lowest BCUT2D eigenvalue weighted by atomic mass is 9.44. The van der Waals surface area contributed by atoms with Crippen LogP contribution in [0.3, 0.4) is 0 Å². The molecule has 0 aromatic carbocycles. The Balaban J connectivity index is 2.05. The number of Topliss-reactive ketones (excluding diaryl/α,β-unsaturated/α-hetero) is 1. The van der Waals surface area contributed by atoms with Gasteiger partial charge in [-0.25, -0.2) is 0 Å². The average Bonchev–Trinajstić information content (AvgIpc) is 2.26. The molecule has 0 aromatic heterocycles. The highest BCUT2D eigenvalue weighted by atomic mass is 16.1. The molecule has 82 valence electrons. The summed E-state index contributed by atoms with van der Waals surface area (Å²) in [6.07, 6.45) is 6.29. The molecular weight excluding hydrogens is 188 g/mol. The second-order valence-corrected chi connectivity index (χ2v) is 5.74. The van der Waals surface area contributed by atoms with E-state index in [0.717, 1.165) is 37.9 Å². The fourth-order valence-corrected chi connectivity index (χ4v) is 4.60. The number of aldehydes is 1. The van der Waals surface area contributed by atoms with E-state index >= 15 is 0 Å². The molecule has 15 heavy (non-hydrogen) atoms. The van der Waals surface area contributed by atoms with Crippen LogP contribution in [-0.4, -0.2) is 12.1 Å². The predicted molar refractivity (Wildman–Crippen MR) is 56.2 cm³/mol. The Labute approximate surface area is 90.4 Å². The average molecular weight is 206 g/mol. The SMILES string of the molecule is CCC1(C=O)C2CC3CC(C2)C(=O)C1C3. The van der Waals surface area contributed by atoms with E-state index in [1.54, 1.807) is 0 Å². The summed E-state index contributed by atoms with van der Waals surface area (Å²) in [5, 5.41) is 0. The van der Waals surface area contributed by atoms with Gasteiger partial charge in [0.2, 0.25) is 0 Å². The molecule has 2 nitrogen and oxygen atoms in total. The Hall–Kier alpha value is -0.660. The fraction of sp³-hybridized carbons (Fsp3) is 0.846. The van der Waals surface area contributed by atoms with Gasteiger partial charge in [-0.3, -0.25) is 4.79 Å². The Morgan fingerprint density at radius 1 is 1.33 bits per heavy atom. The van der Waals surface area contributed by atoms with E-state index in [2.05, 4.69) is 6.92 Å². The largest absolute Gasteiger partial charge is 0.303 e. The molecule has 5 atom stereocenters. The fourth-order valence-electron chi connectivity index (χ4n) is 4.60. The van der Waals surface area contributed by atoms with Crippen molar-refractivity contribution in [3.8, 4) is 0 Å². The molecule has 4 saturated carbocycles. The van der Waals surface area contributed by atoms with Crippen molar-refractivity contribution in [2.45, 2.75) is 39.0 Å². The van der Waals surface area contributed by atoms with Crippen LogP contribution in [0.25, 0.3) is 0 Å². The first-order valence-corrected chi connectivity index (χ1v) is 6.21. The molecule has 4 aliphatic carbocycles. The first-order valence-electron chi connectivity index (χ1n) is 6.21. The molecular formula is C13H18O2. The summed E-state index contributed by atoms with van der Waals surface area (Å²) in [6.45, 7) is 2.07. The summed E-state index contributed by atoms with van der Waals surface area (Å²) < 4.78 is 0. The van der Waals surface area contributed by atoms with Crippen molar-refractivity contribution in [3.63, 3.8) is 0 Å². The Morgan fingerprint density at radius 2 is 2.13 bits per heavy atom. The number of carbonyl (C=O) groups is 2. The number of hydrogen-bond acceptors (Lipinski definition) is 2. The Kier molecular flexibility index (Phi) is 1.87. The number of carbonyl (C=O) groups excluding carboxylic acids is 2. The monoisotopic (exact) mass is 206 g/mol. The third-order valence-corrected chi connectivity index (χ3v) is 5.36. The van der Waals surface area contributed by atoms with Gasteiger partial charge in [-0.1, -0.05) is 6.92 Å². The van der Waals surface area contributed by atoms with Crippen molar-refractivity contribution >= 4 is 12.1 Å². The summed E-state index contributed by atoms with van der Waals surface area (Å²) in [6, 6.07) is 0. The molecule has 5 unspecified atom stereocenters. The van der Waals surface area contributed by atoms with Gasteiger partial charge < -0.3 is 4.79 Å². The summed E-state index contributed by atoms with van der Waals surface area (Å²) in [7, 11) is 0. The van der Waals surface area contributed by atoms with Gasteiger partial charge in [0, 0.05) is 17.3 Å². The quantitative estimate of drug-likeness (QED) is 0.649. The number of ketones is 1. The second kappa shape index (κ2) is 2.93. The van der Waals surface area contributed by atoms with Crippen molar-refractivity contribution in [2.75, 3.05) is 0 Å². The van der Waals surface area contributed by atoms with Crippen molar-refractivity contribution in [1.82, 2.24) is 0 Å². The topological polar surface area (TPSA) is 34.1 Å². The van der Waals surface area contributed by atoms with E-state index in [0.29, 0.717) is 17.6 Å². The zero-order valence-corrected chi connectivity index (χ0v) is 9.24. The molecule has 4 bridgehead atoms. The van der Waals surface area contributed by atoms with Crippen LogP contribution < -0.4 is 0 Å². The minimum atomic E-state index is -0.273. The zero-order chi connectivity index (χ0) is 10.6. The highest BCUT2D eigenvalue weighted by molar-refractivity contribution is 5.90. The minimum absolute atomic E-state index is 0.0799. The lowest BCUT2D eigenvalue weighted by molar-refractivity contribution is -0.164. The molecule has 4 fully saturated rings. The zero-order valence-electron chi connectivity index (χ0n) is 9.24. The highest BCUT2D eigenvalue weighted by Gasteiger charge is 2.60. The molecule has 0 spiro atoms. The molecule has 0 N–H and O–H groups in total. The third kappa shape index (κ3) is 1.00. The lowest BCUT2D eigenvalue weighted by Gasteiger charge is -2.57. The summed E-state index contributed by atoms with van der Waals surface area (Å²) in [5.74, 6) is 2.07. The molecule has 0 amide bonds. The lowest BCUT2D eigenvalue weighted by Crippen LogP contribution is -2.58. The third-order valence-electron chi connectivity index (χ3n) is 5.36. The first kappa shape index (κ1) is 9.56. The maximum atomic E-state index is 12.1. The molecule has 0 radical (unpaired) electrons. The molecule has 2 heteroatoms. The highest BCUT2D eigenvalue weighted by Crippen LogP contribution is 2.61. The van der Waals surface area contributed by atoms with Crippen LogP contribution in [0.4, 0.5) is 0 Å². The molecule has 0 aliphatic heterocycles. The van der Waals surface area contributed by atoms with E-state index < -0.39 is 0 Å². The summed E-state index contributed by atoms with van der Waals surface area (Å²) in [4.78, 5) is 23.6. The van der Waals surface area contributed by atoms with Crippen LogP contribution in [0.1, 0.15) is 39.0 Å². The van der Waals surface area contributed by atoms with Gasteiger partial charge in [-0.2, -0.15) is 0 Å². The van der Waals surface area contributed by atoms with Crippen LogP contribution in [-0.2, 0) is 9.59 Å². The number of hydrogen-bond donors (Lipinski definition) is 0. The predicted octanol–water partition coefficient (Wildman–Crippen LogP) is 2.22. The van der Waals surface area contributed by atoms with E-state index in [-0.39, 0.29) is 11.3 Å². The maximum Gasteiger partial charge on any atom is 0.140 e. The number of rotatable bonds is 2. The Bertz CT molecular complexity index is 322. The first-order chi connectivity index (χ1) is 7.21. The van der Waals surface area contributed by atoms with E-state index in [1.807, 2.05) is 0 Å². The molecule has 0 aromatic rings. The minimum Gasteiger partial charge on any atom is -0.303 e. The normalized spacial score (nSPS) is 52.2. The van der Waals surface area contributed by atoms with Gasteiger partial charge in [0.25, 0.3) is 0 Å². The molecule has 4 aliphatic rings. The second-order valence-electron chi connectivity index (χ2n) is 5.74. The molecule has 0 heterocycles. The van der Waals surface area contributed by atoms with Gasteiger partial charge in [-0.05, 0) is 43.9 Å². The summed E-state index contributed by atoms with van der Waals surface area (Å²) >= 11 is 0. The maximum absolute atomic E-state index is 12.1. The van der Waals surface area contributed by atoms with Gasteiger partial charge >= 0.3 is 0 Å². The van der Waals surface area contributed by atoms with Gasteiger partial charge in [0.1, 0.15) is 12.1 Å². The van der Waals surface area contributed by atoms with Crippen molar-refractivity contribution < 1.29 is 9.59 Å². The molecule has 0 saturated heterocycles. The van der Waals surface area contributed by atoms with Crippen LogP contribution >= 0.6 is 0 Å².